The van der Waals surface area contributed by atoms with Gasteiger partial charge in [-0.3, -0.25) is 10.2 Å². The number of nitrogens with one attached hydrogen (secondary N) is 2. The van der Waals surface area contributed by atoms with E-state index >= 15 is 0 Å². The Kier molecular flexibility index (Phi) is 5.66. The van der Waals surface area contributed by atoms with Crippen molar-refractivity contribution in [1.82, 2.24) is 10.2 Å². The molecule has 0 bridgehead atoms. The minimum Gasteiger partial charge on any atom is -0.488 e. The second-order valence-electron chi connectivity index (χ2n) is 5.61. The normalized spacial score (nSPS) is 10.8. The molecule has 0 saturated heterocycles. The molecule has 7 heteroatoms. The van der Waals surface area contributed by atoms with Crippen molar-refractivity contribution in [3.05, 3.63) is 86.8 Å². The Labute approximate surface area is 155 Å². The van der Waals surface area contributed by atoms with Crippen LogP contribution in [0.15, 0.2) is 64.6 Å². The van der Waals surface area contributed by atoms with E-state index in [2.05, 4.69) is 26.8 Å². The van der Waals surface area contributed by atoms with Crippen molar-refractivity contribution in [3.8, 4) is 5.75 Å². The third kappa shape index (κ3) is 4.49. The number of nitrogens with zero attached hydrogens (tertiary/aromatic N) is 2. The number of hydrazone groups is 1. The fourth-order valence-electron chi connectivity index (χ4n) is 2.31. The van der Waals surface area contributed by atoms with Gasteiger partial charge in [-0.25, -0.2) is 5.10 Å². The van der Waals surface area contributed by atoms with Crippen LogP contribution >= 0.6 is 11.6 Å². The van der Waals surface area contributed by atoms with Gasteiger partial charge < -0.3 is 4.74 Å². The summed E-state index contributed by atoms with van der Waals surface area (Å²) in [7, 11) is 0. The van der Waals surface area contributed by atoms with Crippen LogP contribution in [0.3, 0.4) is 0 Å². The van der Waals surface area contributed by atoms with Gasteiger partial charge in [0, 0.05) is 5.56 Å². The van der Waals surface area contributed by atoms with Crippen molar-refractivity contribution in [1.29, 1.82) is 0 Å². The molecule has 0 aliphatic carbocycles. The fourth-order valence-corrected chi connectivity index (χ4v) is 2.45. The van der Waals surface area contributed by atoms with E-state index in [1.54, 1.807) is 6.21 Å². The lowest BCUT2D eigenvalue weighted by atomic mass is 10.1. The van der Waals surface area contributed by atoms with Gasteiger partial charge in [0.15, 0.2) is 0 Å². The van der Waals surface area contributed by atoms with Gasteiger partial charge in [-0.15, -0.1) is 0 Å². The van der Waals surface area contributed by atoms with Crippen LogP contribution in [0.1, 0.15) is 16.7 Å². The minimum atomic E-state index is -0.478. The first-order valence-corrected chi connectivity index (χ1v) is 8.31. The number of aromatic nitrogens is 2. The Bertz CT molecular complexity index is 985. The number of H-pyrrole nitrogens is 1. The average molecular weight is 369 g/mol. The zero-order chi connectivity index (χ0) is 18.4. The monoisotopic (exact) mass is 368 g/mol. The second-order valence-corrected chi connectivity index (χ2v) is 5.99. The number of hydrogen-bond acceptors (Lipinski definition) is 5. The molecule has 1 heterocycles. The molecule has 6 nitrogen and oxygen atoms in total. The molecule has 0 fully saturated rings. The van der Waals surface area contributed by atoms with E-state index in [0.717, 1.165) is 11.1 Å². The molecule has 2 N–H and O–H groups in total. The quantitative estimate of drug-likeness (QED) is 0.513. The molecule has 3 aromatic rings. The molecule has 0 amide bonds. The molecule has 0 atom stereocenters. The number of rotatable bonds is 6. The molecule has 0 spiro atoms. The van der Waals surface area contributed by atoms with Gasteiger partial charge in [0.2, 0.25) is 0 Å². The summed E-state index contributed by atoms with van der Waals surface area (Å²) in [6.07, 6.45) is 2.99. The molecule has 0 unspecified atom stereocenters. The van der Waals surface area contributed by atoms with Gasteiger partial charge >= 0.3 is 0 Å². The van der Waals surface area contributed by atoms with Crippen LogP contribution in [0.4, 0.5) is 5.69 Å². The van der Waals surface area contributed by atoms with Gasteiger partial charge in [0.05, 0.1) is 12.4 Å². The summed E-state index contributed by atoms with van der Waals surface area (Å²) >= 11 is 5.89. The van der Waals surface area contributed by atoms with Gasteiger partial charge in [0.25, 0.3) is 5.56 Å². The average Bonchev–Trinajstić information content (AvgIpc) is 2.64. The van der Waals surface area contributed by atoms with Crippen LogP contribution in [0, 0.1) is 6.92 Å². The van der Waals surface area contributed by atoms with E-state index in [9.17, 15) is 4.79 Å². The summed E-state index contributed by atoms with van der Waals surface area (Å²) in [4.78, 5) is 11.4. The van der Waals surface area contributed by atoms with Crippen LogP contribution in [-0.2, 0) is 6.61 Å². The van der Waals surface area contributed by atoms with Crippen molar-refractivity contribution >= 4 is 23.5 Å². The number of anilines is 1. The van der Waals surface area contributed by atoms with Crippen LogP contribution in [0.5, 0.6) is 5.75 Å². The van der Waals surface area contributed by atoms with E-state index in [4.69, 9.17) is 16.3 Å². The zero-order valence-electron chi connectivity index (χ0n) is 14.1. The Morgan fingerprint density at radius 1 is 1.27 bits per heavy atom. The minimum absolute atomic E-state index is 0.00105. The molecule has 0 aliphatic rings. The second kappa shape index (κ2) is 8.31. The van der Waals surface area contributed by atoms with Crippen molar-refractivity contribution < 1.29 is 4.74 Å². The van der Waals surface area contributed by atoms with Crippen molar-refractivity contribution in [2.45, 2.75) is 13.5 Å². The molecule has 2 aromatic carbocycles. The predicted molar refractivity (Wildman–Crippen MR) is 103 cm³/mol. The van der Waals surface area contributed by atoms with E-state index in [-0.39, 0.29) is 5.02 Å². The SMILES string of the molecule is Cc1cccc(COc2ccccc2/C=N/Nc2cn[nH]c(=O)c2Cl)c1. The summed E-state index contributed by atoms with van der Waals surface area (Å²) in [5.74, 6) is 0.703. The Hall–Kier alpha value is -3.12. The highest BCUT2D eigenvalue weighted by molar-refractivity contribution is 6.32. The first kappa shape index (κ1) is 17.7. The molecule has 0 aliphatic heterocycles. The third-order valence-corrected chi connectivity index (χ3v) is 3.96. The third-order valence-electron chi connectivity index (χ3n) is 3.58. The Balaban J connectivity index is 1.70. The van der Waals surface area contributed by atoms with E-state index in [1.165, 1.54) is 11.8 Å². The zero-order valence-corrected chi connectivity index (χ0v) is 14.8. The number of benzene rings is 2. The molecular formula is C19H17ClN4O2. The number of halogens is 1. The molecule has 3 rings (SSSR count). The van der Waals surface area contributed by atoms with E-state index < -0.39 is 5.56 Å². The van der Waals surface area contributed by atoms with Gasteiger partial charge in [-0.05, 0) is 24.6 Å². The topological polar surface area (TPSA) is 79.4 Å². The molecular weight excluding hydrogens is 352 g/mol. The van der Waals surface area contributed by atoms with E-state index in [0.29, 0.717) is 18.0 Å². The van der Waals surface area contributed by atoms with E-state index in [1.807, 2.05) is 49.4 Å². The van der Waals surface area contributed by atoms with Crippen molar-refractivity contribution in [3.63, 3.8) is 0 Å². The molecule has 1 aromatic heterocycles. The Morgan fingerprint density at radius 2 is 2.12 bits per heavy atom. The molecule has 26 heavy (non-hydrogen) atoms. The van der Waals surface area contributed by atoms with Crippen molar-refractivity contribution in [2.75, 3.05) is 5.43 Å². The lowest BCUT2D eigenvalue weighted by Crippen LogP contribution is -2.10. The van der Waals surface area contributed by atoms with Crippen LogP contribution in [-0.4, -0.2) is 16.4 Å². The smallest absolute Gasteiger partial charge is 0.285 e. The molecule has 132 valence electrons. The molecule has 0 radical (unpaired) electrons. The van der Waals surface area contributed by atoms with Crippen LogP contribution in [0.2, 0.25) is 5.02 Å². The number of aromatic amines is 1. The number of para-hydroxylation sites is 1. The maximum atomic E-state index is 11.4. The number of aryl methyl sites for hydroxylation is 1. The summed E-state index contributed by atoms with van der Waals surface area (Å²) in [5.41, 5.74) is 5.63. The lowest BCUT2D eigenvalue weighted by molar-refractivity contribution is 0.305. The summed E-state index contributed by atoms with van der Waals surface area (Å²) in [6, 6.07) is 15.7. The number of hydrogen-bond donors (Lipinski definition) is 2. The van der Waals surface area contributed by atoms with Crippen LogP contribution in [0.25, 0.3) is 0 Å². The van der Waals surface area contributed by atoms with Gasteiger partial charge in [0.1, 0.15) is 23.1 Å². The number of ether oxygens (including phenoxy) is 1. The summed E-state index contributed by atoms with van der Waals surface area (Å²) in [6.45, 7) is 2.51. The highest BCUT2D eigenvalue weighted by Gasteiger charge is 2.04. The lowest BCUT2D eigenvalue weighted by Gasteiger charge is -2.09. The highest BCUT2D eigenvalue weighted by Crippen LogP contribution is 2.19. The first-order valence-electron chi connectivity index (χ1n) is 7.93. The standard InChI is InChI=1S/C19H17ClN4O2/c1-13-5-4-6-14(9-13)12-26-17-8-3-2-7-15(17)10-21-23-16-11-22-24-19(25)18(16)20/h2-11H,12H2,1H3,(H2,23,24,25)/b21-10+. The van der Waals surface area contributed by atoms with Gasteiger partial charge in [-0.2, -0.15) is 10.2 Å². The fraction of sp³-hybridized carbons (Fsp3) is 0.105. The predicted octanol–water partition coefficient (Wildman–Crippen LogP) is 3.76. The summed E-state index contributed by atoms with van der Waals surface area (Å²) in [5, 5.41) is 10.0. The Morgan fingerprint density at radius 3 is 2.96 bits per heavy atom. The van der Waals surface area contributed by atoms with Crippen molar-refractivity contribution in [2.24, 2.45) is 5.10 Å². The first-order chi connectivity index (χ1) is 12.6. The maximum Gasteiger partial charge on any atom is 0.285 e. The largest absolute Gasteiger partial charge is 0.488 e. The summed E-state index contributed by atoms with van der Waals surface area (Å²) < 4.78 is 5.91. The highest BCUT2D eigenvalue weighted by atomic mass is 35.5. The maximum absolute atomic E-state index is 11.4. The molecule has 0 saturated carbocycles. The van der Waals surface area contributed by atoms with Crippen LogP contribution < -0.4 is 15.7 Å². The van der Waals surface area contributed by atoms with Gasteiger partial charge in [-0.1, -0.05) is 53.6 Å².